The molecule has 0 saturated carbocycles. The summed E-state index contributed by atoms with van der Waals surface area (Å²) < 4.78 is 73.1. The maximum atomic E-state index is 12.6. The van der Waals surface area contributed by atoms with Crippen LogP contribution >= 0.6 is 11.6 Å². The Morgan fingerprint density at radius 1 is 1.06 bits per heavy atom. The Morgan fingerprint density at radius 3 is 1.94 bits per heavy atom. The van der Waals surface area contributed by atoms with Crippen molar-refractivity contribution in [3.8, 4) is 0 Å². The lowest BCUT2D eigenvalue weighted by Gasteiger charge is -2.19. The summed E-state index contributed by atoms with van der Waals surface area (Å²) >= 11 is 5.48. The maximum absolute atomic E-state index is 12.6. The van der Waals surface area contributed by atoms with E-state index in [1.54, 1.807) is 4.72 Å². The molecule has 0 saturated heterocycles. The predicted octanol–water partition coefficient (Wildman–Crippen LogP) is 3.57. The van der Waals surface area contributed by atoms with Crippen molar-refractivity contribution in [2.45, 2.75) is 11.4 Å². The molecule has 0 fully saturated rings. The van der Waals surface area contributed by atoms with Gasteiger partial charge in [-0.1, -0.05) is 11.6 Å². The molecule has 0 bridgehead atoms. The second-order valence-corrected chi connectivity index (χ2v) is 4.58. The van der Waals surface area contributed by atoms with E-state index in [0.717, 1.165) is 12.1 Å². The van der Waals surface area contributed by atoms with Gasteiger partial charge in [-0.05, 0) is 24.3 Å². The quantitative estimate of drug-likeness (QED) is 0.848. The van der Waals surface area contributed by atoms with Crippen LogP contribution in [0, 0.1) is 0 Å². The lowest BCUT2D eigenvalue weighted by Crippen LogP contribution is -2.43. The van der Waals surface area contributed by atoms with Crippen LogP contribution < -0.4 is 4.72 Å². The molecule has 0 spiro atoms. The smallest absolute Gasteiger partial charge is 0.300 e. The van der Waals surface area contributed by atoms with Gasteiger partial charge in [0, 0.05) is 10.7 Å². The highest BCUT2D eigenvalue weighted by Gasteiger charge is 2.63. The van der Waals surface area contributed by atoms with Crippen molar-refractivity contribution in [3.63, 3.8) is 0 Å². The van der Waals surface area contributed by atoms with Gasteiger partial charge in [-0.2, -0.15) is 22.0 Å². The highest BCUT2D eigenvalue weighted by Crippen LogP contribution is 2.38. The van der Waals surface area contributed by atoms with Crippen LogP contribution in [-0.2, 0) is 11.0 Å². The Morgan fingerprint density at radius 2 is 1.53 bits per heavy atom. The molecule has 1 N–H and O–H groups in total. The summed E-state index contributed by atoms with van der Waals surface area (Å²) in [5.41, 5.74) is -0.156. The van der Waals surface area contributed by atoms with Crippen molar-refractivity contribution in [1.82, 2.24) is 0 Å². The second-order valence-electron chi connectivity index (χ2n) is 2.89. The molecule has 0 heterocycles. The van der Waals surface area contributed by atoms with Crippen LogP contribution in [0.15, 0.2) is 24.3 Å². The SMILES string of the molecule is O=S(Nc1ccc(Cl)cc1)C(F)(F)C(F)(F)F. The van der Waals surface area contributed by atoms with Crippen LogP contribution in [0.4, 0.5) is 27.6 Å². The van der Waals surface area contributed by atoms with Gasteiger partial charge in [-0.3, -0.25) is 4.72 Å². The summed E-state index contributed by atoms with van der Waals surface area (Å²) in [6.07, 6.45) is -5.88. The zero-order valence-corrected chi connectivity index (χ0v) is 9.47. The molecule has 0 radical (unpaired) electrons. The van der Waals surface area contributed by atoms with Gasteiger partial charge in [0.15, 0.2) is 11.0 Å². The third kappa shape index (κ3) is 3.29. The lowest BCUT2D eigenvalue weighted by atomic mass is 10.3. The number of benzene rings is 1. The molecule has 1 atom stereocenters. The minimum atomic E-state index is -5.88. The first kappa shape index (κ1) is 14.2. The Kier molecular flexibility index (Phi) is 3.98. The summed E-state index contributed by atoms with van der Waals surface area (Å²) in [5.74, 6) is 0. The van der Waals surface area contributed by atoms with E-state index in [-0.39, 0.29) is 10.7 Å². The first-order valence-corrected chi connectivity index (χ1v) is 5.56. The van der Waals surface area contributed by atoms with Gasteiger partial charge < -0.3 is 0 Å². The van der Waals surface area contributed by atoms with E-state index < -0.39 is 22.4 Å². The monoisotopic (exact) mass is 293 g/mol. The molecule has 2 nitrogen and oxygen atoms in total. The average Bonchev–Trinajstić information content (AvgIpc) is 2.19. The van der Waals surface area contributed by atoms with Gasteiger partial charge in [0.1, 0.15) is 0 Å². The van der Waals surface area contributed by atoms with E-state index >= 15 is 0 Å². The summed E-state index contributed by atoms with van der Waals surface area (Å²) in [4.78, 5) is 0. The van der Waals surface area contributed by atoms with Gasteiger partial charge in [0.25, 0.3) is 0 Å². The van der Waals surface area contributed by atoms with E-state index in [1.165, 1.54) is 12.1 Å². The fourth-order valence-electron chi connectivity index (χ4n) is 0.794. The number of rotatable bonds is 3. The summed E-state index contributed by atoms with van der Waals surface area (Å²) in [7, 11) is -3.61. The average molecular weight is 294 g/mol. The molecular weight excluding hydrogens is 289 g/mol. The molecule has 1 unspecified atom stereocenters. The standard InChI is InChI=1S/C8H5ClF5NOS/c9-5-1-3-6(4-2-5)15-17(16)8(13,14)7(10,11)12/h1-4,15H. The highest BCUT2D eigenvalue weighted by molar-refractivity contribution is 7.87. The van der Waals surface area contributed by atoms with E-state index in [1.807, 2.05) is 0 Å². The second kappa shape index (κ2) is 4.77. The normalized spacial score (nSPS) is 14.5. The molecule has 0 amide bonds. The molecule has 0 aliphatic heterocycles. The van der Waals surface area contributed by atoms with E-state index in [4.69, 9.17) is 11.6 Å². The molecule has 96 valence electrons. The first-order valence-electron chi connectivity index (χ1n) is 4.03. The van der Waals surface area contributed by atoms with Crippen molar-refractivity contribution in [2.75, 3.05) is 4.72 Å². The number of anilines is 1. The zero-order chi connectivity index (χ0) is 13.3. The van der Waals surface area contributed by atoms with Crippen molar-refractivity contribution in [1.29, 1.82) is 0 Å². The molecule has 9 heteroatoms. The molecule has 1 aromatic rings. The minimum Gasteiger partial charge on any atom is -0.300 e. The third-order valence-electron chi connectivity index (χ3n) is 1.62. The largest absolute Gasteiger partial charge is 0.468 e. The van der Waals surface area contributed by atoms with Gasteiger partial charge in [0.2, 0.25) is 0 Å². The van der Waals surface area contributed by atoms with E-state index in [2.05, 4.69) is 0 Å². The van der Waals surface area contributed by atoms with Crippen molar-refractivity contribution in [3.05, 3.63) is 29.3 Å². The fourth-order valence-corrected chi connectivity index (χ4v) is 1.61. The van der Waals surface area contributed by atoms with Crippen LogP contribution in [-0.4, -0.2) is 15.6 Å². The third-order valence-corrected chi connectivity index (χ3v) is 2.99. The number of halogens is 6. The molecule has 0 aliphatic carbocycles. The summed E-state index contributed by atoms with van der Waals surface area (Å²) in [5, 5.41) is -5.06. The Bertz CT molecular complexity index is 419. The first-order chi connectivity index (χ1) is 7.64. The van der Waals surface area contributed by atoms with Crippen LogP contribution in [0.2, 0.25) is 5.02 Å². The Labute approximate surface area is 100 Å². The molecule has 0 aliphatic rings. The van der Waals surface area contributed by atoms with Crippen LogP contribution in [0.5, 0.6) is 0 Å². The predicted molar refractivity (Wildman–Crippen MR) is 54.2 cm³/mol. The van der Waals surface area contributed by atoms with E-state index in [9.17, 15) is 26.2 Å². The van der Waals surface area contributed by atoms with Crippen LogP contribution in [0.1, 0.15) is 0 Å². The number of hydrogen-bond donors (Lipinski definition) is 1. The van der Waals surface area contributed by atoms with Crippen molar-refractivity contribution < 1.29 is 26.2 Å². The number of hydrogen-bond acceptors (Lipinski definition) is 1. The highest BCUT2D eigenvalue weighted by atomic mass is 35.5. The molecule has 1 aromatic carbocycles. The van der Waals surface area contributed by atoms with E-state index in [0.29, 0.717) is 0 Å². The van der Waals surface area contributed by atoms with Gasteiger partial charge >= 0.3 is 11.4 Å². The molecule has 1 rings (SSSR count). The van der Waals surface area contributed by atoms with Crippen LogP contribution in [0.25, 0.3) is 0 Å². The van der Waals surface area contributed by atoms with Gasteiger partial charge in [-0.15, -0.1) is 0 Å². The van der Waals surface area contributed by atoms with Crippen LogP contribution in [0.3, 0.4) is 0 Å². The number of alkyl halides is 5. The molecule has 0 aromatic heterocycles. The Balaban J connectivity index is 2.83. The Hall–Kier alpha value is -0.890. The maximum Gasteiger partial charge on any atom is 0.468 e. The molecule has 17 heavy (non-hydrogen) atoms. The number of nitrogens with one attached hydrogen (secondary N) is 1. The minimum absolute atomic E-state index is 0.156. The lowest BCUT2D eigenvalue weighted by molar-refractivity contribution is -0.239. The topological polar surface area (TPSA) is 29.1 Å². The molecular formula is C8H5ClF5NOS. The zero-order valence-electron chi connectivity index (χ0n) is 7.89. The van der Waals surface area contributed by atoms with Crippen molar-refractivity contribution in [2.24, 2.45) is 0 Å². The summed E-state index contributed by atoms with van der Waals surface area (Å²) in [6, 6.07) is 4.78. The summed E-state index contributed by atoms with van der Waals surface area (Å²) in [6.45, 7) is 0. The van der Waals surface area contributed by atoms with Gasteiger partial charge in [0.05, 0.1) is 0 Å². The fraction of sp³-hybridized carbons (Fsp3) is 0.250. The van der Waals surface area contributed by atoms with Gasteiger partial charge in [-0.25, -0.2) is 4.21 Å². The van der Waals surface area contributed by atoms with Crippen molar-refractivity contribution >= 4 is 28.3 Å².